The van der Waals surface area contributed by atoms with Crippen molar-refractivity contribution < 1.29 is 0 Å². The van der Waals surface area contributed by atoms with Crippen LogP contribution in [-0.4, -0.2) is 9.66 Å². The van der Waals surface area contributed by atoms with Gasteiger partial charge in [-0.15, -0.1) is 0 Å². The zero-order valence-corrected chi connectivity index (χ0v) is 14.1. The first-order chi connectivity index (χ1) is 10.5. The van der Waals surface area contributed by atoms with Gasteiger partial charge in [-0.25, -0.2) is 4.68 Å². The minimum atomic E-state index is 0.576. The van der Waals surface area contributed by atoms with Crippen molar-refractivity contribution in [3.8, 4) is 11.3 Å². The van der Waals surface area contributed by atoms with Crippen molar-refractivity contribution in [1.29, 1.82) is 0 Å². The third kappa shape index (κ3) is 3.04. The molecule has 3 nitrogen and oxygen atoms in total. The van der Waals surface area contributed by atoms with Gasteiger partial charge in [0.2, 0.25) is 0 Å². The molecule has 0 fully saturated rings. The van der Waals surface area contributed by atoms with Crippen molar-refractivity contribution in [3.63, 3.8) is 0 Å². The average Bonchev–Trinajstić information content (AvgIpc) is 2.73. The lowest BCUT2D eigenvalue weighted by Gasteiger charge is -2.12. The number of aryl methyl sites for hydroxylation is 1. The van der Waals surface area contributed by atoms with E-state index in [2.05, 4.69) is 10.4 Å². The van der Waals surface area contributed by atoms with Crippen LogP contribution >= 0.6 is 35.4 Å². The summed E-state index contributed by atoms with van der Waals surface area (Å²) in [5.41, 5.74) is 7.00. The monoisotopic (exact) mass is 349 g/mol. The third-order valence-electron chi connectivity index (χ3n) is 3.24. The van der Waals surface area contributed by atoms with Crippen LogP contribution in [0.2, 0.25) is 10.0 Å². The maximum atomic E-state index is 6.10. The van der Waals surface area contributed by atoms with Crippen molar-refractivity contribution in [2.24, 2.45) is 0 Å². The van der Waals surface area contributed by atoms with Gasteiger partial charge in [0.05, 0.1) is 11.4 Å². The highest BCUT2D eigenvalue weighted by Crippen LogP contribution is 2.26. The minimum Gasteiger partial charge on any atom is -0.333 e. The van der Waals surface area contributed by atoms with Gasteiger partial charge in [0.1, 0.15) is 0 Å². The first-order valence-corrected chi connectivity index (χ1v) is 7.81. The number of halogens is 2. The van der Waals surface area contributed by atoms with Gasteiger partial charge in [-0.3, -0.25) is 5.43 Å². The van der Waals surface area contributed by atoms with Gasteiger partial charge in [0.15, 0.2) is 4.77 Å². The largest absolute Gasteiger partial charge is 0.333 e. The normalized spacial score (nSPS) is 10.7. The quantitative estimate of drug-likeness (QED) is 0.594. The average molecular weight is 350 g/mol. The third-order valence-corrected chi connectivity index (χ3v) is 3.99. The number of anilines is 1. The molecule has 0 saturated heterocycles. The van der Waals surface area contributed by atoms with E-state index in [1.807, 2.05) is 60.1 Å². The standard InChI is InChI=1S/C16H13Cl2N3S/c1-10-15(11-4-2-5-12(17)8-11)21(16(22)19-10)20-14-7-3-6-13(18)9-14/h2-9,20H,1H3,(H,19,22). The Labute approximate surface area is 143 Å². The van der Waals surface area contributed by atoms with Crippen LogP contribution in [0.4, 0.5) is 5.69 Å². The second-order valence-electron chi connectivity index (χ2n) is 4.87. The molecule has 0 atom stereocenters. The van der Waals surface area contributed by atoms with E-state index in [1.165, 1.54) is 0 Å². The number of hydrogen-bond donors (Lipinski definition) is 2. The van der Waals surface area contributed by atoms with Crippen LogP contribution in [0.1, 0.15) is 5.69 Å². The van der Waals surface area contributed by atoms with E-state index < -0.39 is 0 Å². The van der Waals surface area contributed by atoms with Crippen LogP contribution in [0.5, 0.6) is 0 Å². The van der Waals surface area contributed by atoms with Crippen LogP contribution in [0.25, 0.3) is 11.3 Å². The first kappa shape index (κ1) is 15.2. The van der Waals surface area contributed by atoms with Crippen molar-refractivity contribution in [1.82, 2.24) is 9.66 Å². The number of H-pyrrole nitrogens is 1. The Morgan fingerprint density at radius 3 is 2.41 bits per heavy atom. The predicted octanol–water partition coefficient (Wildman–Crippen LogP) is 5.70. The van der Waals surface area contributed by atoms with E-state index in [9.17, 15) is 0 Å². The van der Waals surface area contributed by atoms with Gasteiger partial charge in [-0.05, 0) is 49.5 Å². The van der Waals surface area contributed by atoms with E-state index in [4.69, 9.17) is 35.4 Å². The van der Waals surface area contributed by atoms with Crippen LogP contribution < -0.4 is 5.43 Å². The molecule has 1 heterocycles. The second-order valence-corrected chi connectivity index (χ2v) is 6.13. The van der Waals surface area contributed by atoms with Gasteiger partial charge in [0.25, 0.3) is 0 Å². The summed E-state index contributed by atoms with van der Waals surface area (Å²) in [4.78, 5) is 3.17. The molecule has 6 heteroatoms. The lowest BCUT2D eigenvalue weighted by molar-refractivity contribution is 0.942. The summed E-state index contributed by atoms with van der Waals surface area (Å²) >= 11 is 17.5. The summed E-state index contributed by atoms with van der Waals surface area (Å²) in [5.74, 6) is 0. The SMILES string of the molecule is Cc1[nH]c(=S)n(Nc2cccc(Cl)c2)c1-c1cccc(Cl)c1. The van der Waals surface area contributed by atoms with Crippen molar-refractivity contribution in [3.05, 3.63) is 69.0 Å². The summed E-state index contributed by atoms with van der Waals surface area (Å²) in [6.45, 7) is 1.97. The molecule has 0 unspecified atom stereocenters. The first-order valence-electron chi connectivity index (χ1n) is 6.65. The second kappa shape index (κ2) is 6.16. The fourth-order valence-corrected chi connectivity index (χ4v) is 2.99. The molecular formula is C16H13Cl2N3S. The lowest BCUT2D eigenvalue weighted by atomic mass is 10.1. The highest BCUT2D eigenvalue weighted by Gasteiger charge is 2.12. The Balaban J connectivity index is 2.10. The Morgan fingerprint density at radius 2 is 1.73 bits per heavy atom. The Hall–Kier alpha value is -1.75. The van der Waals surface area contributed by atoms with Crippen molar-refractivity contribution in [2.75, 3.05) is 5.43 Å². The molecule has 0 bridgehead atoms. The number of benzene rings is 2. The molecule has 3 aromatic rings. The number of aromatic amines is 1. The van der Waals surface area contributed by atoms with Crippen LogP contribution in [0.15, 0.2) is 48.5 Å². The summed E-state index contributed by atoms with van der Waals surface area (Å²) in [5, 5.41) is 1.34. The van der Waals surface area contributed by atoms with E-state index in [0.717, 1.165) is 22.6 Å². The lowest BCUT2D eigenvalue weighted by Crippen LogP contribution is -2.10. The van der Waals surface area contributed by atoms with E-state index in [-0.39, 0.29) is 0 Å². The minimum absolute atomic E-state index is 0.576. The molecule has 2 aromatic carbocycles. The van der Waals surface area contributed by atoms with E-state index >= 15 is 0 Å². The highest BCUT2D eigenvalue weighted by atomic mass is 35.5. The number of nitrogens with one attached hydrogen (secondary N) is 2. The molecule has 0 aliphatic heterocycles. The summed E-state index contributed by atoms with van der Waals surface area (Å²) in [7, 11) is 0. The summed E-state index contributed by atoms with van der Waals surface area (Å²) in [6, 6.07) is 15.1. The molecule has 0 aliphatic rings. The maximum Gasteiger partial charge on any atom is 0.197 e. The molecule has 0 radical (unpaired) electrons. The van der Waals surface area contributed by atoms with Gasteiger partial charge >= 0.3 is 0 Å². The Bertz CT molecular complexity index is 883. The summed E-state index contributed by atoms with van der Waals surface area (Å²) < 4.78 is 2.40. The zero-order chi connectivity index (χ0) is 15.7. The number of imidazole rings is 1. The van der Waals surface area contributed by atoms with Crippen LogP contribution in [0.3, 0.4) is 0 Å². The fraction of sp³-hybridized carbons (Fsp3) is 0.0625. The number of aromatic nitrogens is 2. The Kier molecular flexibility index (Phi) is 4.25. The molecule has 0 aliphatic carbocycles. The molecule has 22 heavy (non-hydrogen) atoms. The molecule has 0 saturated carbocycles. The zero-order valence-electron chi connectivity index (χ0n) is 11.7. The number of hydrogen-bond acceptors (Lipinski definition) is 2. The van der Waals surface area contributed by atoms with Crippen LogP contribution in [-0.2, 0) is 0 Å². The van der Waals surface area contributed by atoms with Gasteiger partial charge in [-0.1, -0.05) is 41.4 Å². The van der Waals surface area contributed by atoms with Crippen molar-refractivity contribution >= 4 is 41.1 Å². The topological polar surface area (TPSA) is 32.8 Å². The molecule has 3 rings (SSSR count). The highest BCUT2D eigenvalue weighted by molar-refractivity contribution is 7.71. The molecule has 112 valence electrons. The molecule has 0 spiro atoms. The predicted molar refractivity (Wildman–Crippen MR) is 95.3 cm³/mol. The number of nitrogens with zero attached hydrogens (tertiary/aromatic N) is 1. The smallest absolute Gasteiger partial charge is 0.197 e. The fourth-order valence-electron chi connectivity index (χ4n) is 2.32. The molecule has 0 amide bonds. The van der Waals surface area contributed by atoms with Gasteiger partial charge in [0, 0.05) is 21.3 Å². The van der Waals surface area contributed by atoms with Crippen LogP contribution in [0, 0.1) is 11.7 Å². The van der Waals surface area contributed by atoms with E-state index in [0.29, 0.717) is 14.8 Å². The Morgan fingerprint density at radius 1 is 1.05 bits per heavy atom. The van der Waals surface area contributed by atoms with E-state index in [1.54, 1.807) is 0 Å². The van der Waals surface area contributed by atoms with Gasteiger partial charge in [-0.2, -0.15) is 0 Å². The molecule has 2 N–H and O–H groups in total. The van der Waals surface area contributed by atoms with Crippen molar-refractivity contribution in [2.45, 2.75) is 6.92 Å². The van der Waals surface area contributed by atoms with Gasteiger partial charge < -0.3 is 4.98 Å². The molecule has 1 aromatic heterocycles. The number of rotatable bonds is 3. The maximum absolute atomic E-state index is 6.10. The molecular weight excluding hydrogens is 337 g/mol. The summed E-state index contributed by atoms with van der Waals surface area (Å²) in [6.07, 6.45) is 0.